The largest absolute Gasteiger partial charge is 0.479 e. The van der Waals surface area contributed by atoms with Gasteiger partial charge in [-0.2, -0.15) is 0 Å². The molecular weight excluding hydrogens is 321 g/mol. The Balaban J connectivity index is 1.64. The van der Waals surface area contributed by atoms with Crippen LogP contribution in [0.1, 0.15) is 10.4 Å². The summed E-state index contributed by atoms with van der Waals surface area (Å²) in [6.45, 7) is 0. The Kier molecular flexibility index (Phi) is 4.89. The number of rotatable bonds is 5. The Morgan fingerprint density at radius 3 is 2.36 bits per heavy atom. The monoisotopic (exact) mass is 337 g/mol. The van der Waals surface area contributed by atoms with E-state index in [1.54, 1.807) is 12.1 Å². The molecule has 0 fully saturated rings. The number of methoxy groups -OCH3 is 1. The third kappa shape index (κ3) is 3.92. The molecule has 3 aromatic rings. The lowest BCUT2D eigenvalue weighted by atomic mass is 10.0. The van der Waals surface area contributed by atoms with Crippen LogP contribution in [0, 0.1) is 5.82 Å². The Hall–Kier alpha value is -3.41. The SMILES string of the molecule is COc1ncc(NNC(=O)c2ccc(-c3ccccc3)cc2)cc1F. The van der Waals surface area contributed by atoms with Crippen molar-refractivity contribution in [2.24, 2.45) is 0 Å². The van der Waals surface area contributed by atoms with Gasteiger partial charge in [-0.1, -0.05) is 42.5 Å². The van der Waals surface area contributed by atoms with Crippen LogP contribution in [0.2, 0.25) is 0 Å². The van der Waals surface area contributed by atoms with Gasteiger partial charge in [0.15, 0.2) is 5.82 Å². The number of carbonyl (C=O) groups excluding carboxylic acids is 1. The molecular formula is C19H16FN3O2. The first-order valence-corrected chi connectivity index (χ1v) is 7.59. The number of hydrazine groups is 1. The Bertz CT molecular complexity index is 868. The summed E-state index contributed by atoms with van der Waals surface area (Å²) in [7, 11) is 1.33. The summed E-state index contributed by atoms with van der Waals surface area (Å²) in [5, 5.41) is 0. The van der Waals surface area contributed by atoms with Crippen molar-refractivity contribution in [1.82, 2.24) is 10.4 Å². The number of hydrogen-bond acceptors (Lipinski definition) is 4. The predicted octanol–water partition coefficient (Wildman–Crippen LogP) is 3.65. The molecule has 0 saturated heterocycles. The van der Waals surface area contributed by atoms with Crippen molar-refractivity contribution >= 4 is 11.6 Å². The summed E-state index contributed by atoms with van der Waals surface area (Å²) in [6.07, 6.45) is 1.36. The van der Waals surface area contributed by atoms with Gasteiger partial charge in [-0.05, 0) is 23.3 Å². The predicted molar refractivity (Wildman–Crippen MR) is 93.7 cm³/mol. The van der Waals surface area contributed by atoms with Gasteiger partial charge in [-0.25, -0.2) is 9.37 Å². The van der Waals surface area contributed by atoms with Gasteiger partial charge in [0, 0.05) is 11.6 Å². The second-order valence-electron chi connectivity index (χ2n) is 5.24. The maximum Gasteiger partial charge on any atom is 0.269 e. The highest BCUT2D eigenvalue weighted by atomic mass is 19.1. The first-order valence-electron chi connectivity index (χ1n) is 7.59. The average Bonchev–Trinajstić information content (AvgIpc) is 2.67. The molecule has 126 valence electrons. The molecule has 0 bridgehead atoms. The molecule has 0 aliphatic rings. The Morgan fingerprint density at radius 2 is 1.72 bits per heavy atom. The van der Waals surface area contributed by atoms with Crippen molar-refractivity contribution in [3.05, 3.63) is 78.2 Å². The lowest BCUT2D eigenvalue weighted by Gasteiger charge is -2.10. The summed E-state index contributed by atoms with van der Waals surface area (Å²) in [6, 6.07) is 18.3. The maximum atomic E-state index is 13.6. The summed E-state index contributed by atoms with van der Waals surface area (Å²) in [5.74, 6) is -1.06. The van der Waals surface area contributed by atoms with Gasteiger partial charge in [-0.3, -0.25) is 15.6 Å². The normalized spacial score (nSPS) is 10.2. The van der Waals surface area contributed by atoms with Crippen LogP contribution in [0.4, 0.5) is 10.1 Å². The molecule has 0 aliphatic carbocycles. The van der Waals surface area contributed by atoms with E-state index in [0.717, 1.165) is 11.1 Å². The van der Waals surface area contributed by atoms with Crippen LogP contribution < -0.4 is 15.6 Å². The zero-order valence-corrected chi connectivity index (χ0v) is 13.5. The molecule has 2 N–H and O–H groups in total. The third-order valence-electron chi connectivity index (χ3n) is 3.58. The van der Waals surface area contributed by atoms with Gasteiger partial charge in [0.25, 0.3) is 5.91 Å². The molecule has 0 spiro atoms. The van der Waals surface area contributed by atoms with Crippen LogP contribution in [0.5, 0.6) is 5.88 Å². The average molecular weight is 337 g/mol. The van der Waals surface area contributed by atoms with Gasteiger partial charge in [0.1, 0.15) is 0 Å². The number of halogens is 1. The minimum atomic E-state index is -0.617. The van der Waals surface area contributed by atoms with E-state index in [-0.39, 0.29) is 11.8 Å². The van der Waals surface area contributed by atoms with Crippen LogP contribution in [0.25, 0.3) is 11.1 Å². The van der Waals surface area contributed by atoms with E-state index in [4.69, 9.17) is 4.74 Å². The maximum absolute atomic E-state index is 13.6. The molecule has 25 heavy (non-hydrogen) atoms. The zero-order chi connectivity index (χ0) is 17.6. The minimum absolute atomic E-state index is 0.103. The van der Waals surface area contributed by atoms with E-state index in [1.165, 1.54) is 19.4 Å². The number of hydrogen-bond donors (Lipinski definition) is 2. The summed E-state index contributed by atoms with van der Waals surface area (Å²) >= 11 is 0. The van der Waals surface area contributed by atoms with Crippen molar-refractivity contribution < 1.29 is 13.9 Å². The van der Waals surface area contributed by atoms with Crippen molar-refractivity contribution in [2.75, 3.05) is 12.5 Å². The molecule has 0 radical (unpaired) electrons. The standard InChI is InChI=1S/C19H16FN3O2/c1-25-19-17(20)11-16(12-21-19)22-23-18(24)15-9-7-14(8-10-15)13-5-3-2-4-6-13/h2-12,22H,1H3,(H,23,24). The van der Waals surface area contributed by atoms with E-state index in [9.17, 15) is 9.18 Å². The summed E-state index contributed by atoms with van der Waals surface area (Å²) in [5.41, 5.74) is 8.02. The van der Waals surface area contributed by atoms with Crippen LogP contribution in [-0.4, -0.2) is 18.0 Å². The molecule has 5 nitrogen and oxygen atoms in total. The molecule has 6 heteroatoms. The van der Waals surface area contributed by atoms with E-state index >= 15 is 0 Å². The van der Waals surface area contributed by atoms with E-state index in [2.05, 4.69) is 15.8 Å². The first kappa shape index (κ1) is 16.4. The van der Waals surface area contributed by atoms with Crippen molar-refractivity contribution in [1.29, 1.82) is 0 Å². The number of aromatic nitrogens is 1. The summed E-state index contributed by atoms with van der Waals surface area (Å²) in [4.78, 5) is 15.9. The topological polar surface area (TPSA) is 63.2 Å². The number of anilines is 1. The molecule has 1 amide bonds. The van der Waals surface area contributed by atoms with Gasteiger partial charge >= 0.3 is 0 Å². The highest BCUT2D eigenvalue weighted by molar-refractivity contribution is 5.95. The van der Waals surface area contributed by atoms with Crippen LogP contribution in [0.15, 0.2) is 66.9 Å². The number of ether oxygens (including phenoxy) is 1. The fourth-order valence-electron chi connectivity index (χ4n) is 2.29. The smallest absolute Gasteiger partial charge is 0.269 e. The fraction of sp³-hybridized carbons (Fsp3) is 0.0526. The molecule has 1 heterocycles. The molecule has 0 atom stereocenters. The fourth-order valence-corrected chi connectivity index (χ4v) is 2.29. The molecule has 0 aliphatic heterocycles. The quantitative estimate of drug-likeness (QED) is 0.698. The zero-order valence-electron chi connectivity index (χ0n) is 13.5. The number of benzene rings is 2. The van der Waals surface area contributed by atoms with Gasteiger partial charge in [-0.15, -0.1) is 0 Å². The van der Waals surface area contributed by atoms with E-state index in [1.807, 2.05) is 42.5 Å². The lowest BCUT2D eigenvalue weighted by Crippen LogP contribution is -2.29. The van der Waals surface area contributed by atoms with Gasteiger partial charge in [0.2, 0.25) is 5.88 Å². The first-order chi connectivity index (χ1) is 12.2. The highest BCUT2D eigenvalue weighted by Gasteiger charge is 2.08. The van der Waals surface area contributed by atoms with Crippen molar-refractivity contribution in [3.63, 3.8) is 0 Å². The Morgan fingerprint density at radius 1 is 1.04 bits per heavy atom. The van der Waals surface area contributed by atoms with Crippen LogP contribution in [-0.2, 0) is 0 Å². The lowest BCUT2D eigenvalue weighted by molar-refractivity contribution is 0.0962. The highest BCUT2D eigenvalue weighted by Crippen LogP contribution is 2.19. The molecule has 2 aromatic carbocycles. The van der Waals surface area contributed by atoms with E-state index in [0.29, 0.717) is 11.3 Å². The second kappa shape index (κ2) is 7.44. The van der Waals surface area contributed by atoms with Crippen LogP contribution >= 0.6 is 0 Å². The third-order valence-corrected chi connectivity index (χ3v) is 3.58. The van der Waals surface area contributed by atoms with Gasteiger partial charge in [0.05, 0.1) is 19.0 Å². The van der Waals surface area contributed by atoms with Crippen LogP contribution in [0.3, 0.4) is 0 Å². The van der Waals surface area contributed by atoms with E-state index < -0.39 is 5.82 Å². The second-order valence-corrected chi connectivity index (χ2v) is 5.24. The number of nitrogens with one attached hydrogen (secondary N) is 2. The molecule has 1 aromatic heterocycles. The summed E-state index contributed by atoms with van der Waals surface area (Å²) < 4.78 is 18.3. The van der Waals surface area contributed by atoms with Crippen molar-refractivity contribution in [2.45, 2.75) is 0 Å². The Labute approximate surface area is 144 Å². The molecule has 0 unspecified atom stereocenters. The number of pyridine rings is 1. The number of amides is 1. The van der Waals surface area contributed by atoms with Gasteiger partial charge < -0.3 is 4.74 Å². The molecule has 3 rings (SSSR count). The number of nitrogens with zero attached hydrogens (tertiary/aromatic N) is 1. The van der Waals surface area contributed by atoms with Crippen molar-refractivity contribution in [3.8, 4) is 17.0 Å². The molecule has 0 saturated carbocycles. The minimum Gasteiger partial charge on any atom is -0.479 e. The number of carbonyl (C=O) groups is 1.